The third kappa shape index (κ3) is 3.31. The molecular formula is C21H23N3OS. The predicted molar refractivity (Wildman–Crippen MR) is 109 cm³/mol. The molecule has 1 atom stereocenters. The Morgan fingerprint density at radius 3 is 3.00 bits per heavy atom. The minimum Gasteiger partial charge on any atom is -0.355 e. The molecule has 2 aromatic heterocycles. The number of rotatable bonds is 3. The van der Waals surface area contributed by atoms with Gasteiger partial charge >= 0.3 is 0 Å². The maximum atomic E-state index is 12.8. The highest BCUT2D eigenvalue weighted by molar-refractivity contribution is 7.17. The molecule has 26 heavy (non-hydrogen) atoms. The van der Waals surface area contributed by atoms with Gasteiger partial charge in [0.25, 0.3) is 0 Å². The number of thiophene rings is 1. The molecule has 1 aliphatic rings. The fourth-order valence-electron chi connectivity index (χ4n) is 3.70. The van der Waals surface area contributed by atoms with E-state index < -0.39 is 0 Å². The number of nitrogens with zero attached hydrogens (tertiary/aromatic N) is 2. The smallest absolute Gasteiger partial charge is 0.229 e. The lowest BCUT2D eigenvalue weighted by molar-refractivity contribution is -0.120. The zero-order valence-electron chi connectivity index (χ0n) is 15.2. The first-order valence-electron chi connectivity index (χ1n) is 9.07. The topological polar surface area (TPSA) is 45.2 Å². The molecule has 4 rings (SSSR count). The third-order valence-corrected chi connectivity index (χ3v) is 5.97. The second-order valence-corrected chi connectivity index (χ2v) is 8.01. The number of piperidine rings is 1. The summed E-state index contributed by atoms with van der Waals surface area (Å²) in [5.74, 6) is 1.10. The van der Waals surface area contributed by atoms with Crippen LogP contribution in [0.2, 0.25) is 0 Å². The molecule has 5 heteroatoms. The molecule has 1 aromatic carbocycles. The molecule has 3 aromatic rings. The molecule has 0 radical (unpaired) electrons. The van der Waals surface area contributed by atoms with Gasteiger partial charge in [-0.15, -0.1) is 11.3 Å². The number of fused-ring (bicyclic) bond motifs is 1. The lowest BCUT2D eigenvalue weighted by atomic mass is 9.96. The van der Waals surface area contributed by atoms with Crippen LogP contribution >= 0.6 is 11.3 Å². The van der Waals surface area contributed by atoms with Crippen molar-refractivity contribution in [1.29, 1.82) is 0 Å². The van der Waals surface area contributed by atoms with Gasteiger partial charge in [0.2, 0.25) is 5.91 Å². The molecule has 0 saturated carbocycles. The molecule has 1 aliphatic heterocycles. The van der Waals surface area contributed by atoms with Crippen molar-refractivity contribution in [3.05, 3.63) is 53.0 Å². The Hall–Kier alpha value is -2.40. The Balaban J connectivity index is 1.51. The quantitative estimate of drug-likeness (QED) is 0.727. The standard InChI is InChI=1S/C21H23N3OS/c1-14-5-6-18(15(2)12-14)23-21(25)16-4-3-10-24(13-16)20-17-8-11-26-19(17)7-9-22-20/h5-9,11-12,16H,3-4,10,13H2,1-2H3,(H,23,25). The number of carbonyl (C=O) groups excluding carboxylic acids is 1. The van der Waals surface area contributed by atoms with E-state index in [1.54, 1.807) is 11.3 Å². The molecule has 0 aliphatic carbocycles. The Morgan fingerprint density at radius 1 is 1.27 bits per heavy atom. The second-order valence-electron chi connectivity index (χ2n) is 7.06. The van der Waals surface area contributed by atoms with E-state index in [2.05, 4.69) is 45.7 Å². The number of benzene rings is 1. The maximum Gasteiger partial charge on any atom is 0.229 e. The predicted octanol–water partition coefficient (Wildman–Crippen LogP) is 4.77. The molecular weight excluding hydrogens is 342 g/mol. The minimum absolute atomic E-state index is 0.0138. The van der Waals surface area contributed by atoms with Crippen molar-refractivity contribution in [2.45, 2.75) is 26.7 Å². The van der Waals surface area contributed by atoms with Gasteiger partial charge in [-0.2, -0.15) is 0 Å². The van der Waals surface area contributed by atoms with Crippen molar-refractivity contribution in [1.82, 2.24) is 4.98 Å². The summed E-state index contributed by atoms with van der Waals surface area (Å²) in [6.45, 7) is 5.78. The van der Waals surface area contributed by atoms with Crippen LogP contribution in [-0.4, -0.2) is 24.0 Å². The van der Waals surface area contributed by atoms with Crippen molar-refractivity contribution >= 4 is 38.8 Å². The summed E-state index contributed by atoms with van der Waals surface area (Å²) in [4.78, 5) is 19.7. The highest BCUT2D eigenvalue weighted by Crippen LogP contribution is 2.31. The van der Waals surface area contributed by atoms with Crippen LogP contribution in [0.4, 0.5) is 11.5 Å². The molecule has 1 amide bonds. The van der Waals surface area contributed by atoms with Gasteiger partial charge < -0.3 is 10.2 Å². The highest BCUT2D eigenvalue weighted by Gasteiger charge is 2.27. The SMILES string of the molecule is Cc1ccc(NC(=O)C2CCCN(c3nccc4sccc34)C2)c(C)c1. The summed E-state index contributed by atoms with van der Waals surface area (Å²) < 4.78 is 1.25. The third-order valence-electron chi connectivity index (χ3n) is 5.09. The van der Waals surface area contributed by atoms with Crippen LogP contribution in [0.5, 0.6) is 0 Å². The number of hydrogen-bond donors (Lipinski definition) is 1. The highest BCUT2D eigenvalue weighted by atomic mass is 32.1. The van der Waals surface area contributed by atoms with Crippen LogP contribution in [-0.2, 0) is 4.79 Å². The van der Waals surface area contributed by atoms with Gasteiger partial charge in [0.15, 0.2) is 0 Å². The molecule has 0 spiro atoms. The van der Waals surface area contributed by atoms with E-state index in [9.17, 15) is 4.79 Å². The first kappa shape index (κ1) is 17.0. The summed E-state index contributed by atoms with van der Waals surface area (Å²) in [6, 6.07) is 10.3. The van der Waals surface area contributed by atoms with Crippen molar-refractivity contribution in [2.75, 3.05) is 23.3 Å². The lowest BCUT2D eigenvalue weighted by Crippen LogP contribution is -2.41. The van der Waals surface area contributed by atoms with E-state index in [1.165, 1.54) is 15.6 Å². The summed E-state index contributed by atoms with van der Waals surface area (Å²) in [5.41, 5.74) is 3.23. The lowest BCUT2D eigenvalue weighted by Gasteiger charge is -2.33. The Labute approximate surface area is 157 Å². The number of aryl methyl sites for hydroxylation is 2. The normalized spacial score (nSPS) is 17.5. The average molecular weight is 366 g/mol. The minimum atomic E-state index is -0.0138. The Kier molecular flexibility index (Phi) is 4.64. The van der Waals surface area contributed by atoms with Gasteiger partial charge in [0.05, 0.1) is 5.92 Å². The van der Waals surface area contributed by atoms with Crippen LogP contribution in [0.15, 0.2) is 41.9 Å². The summed E-state index contributed by atoms with van der Waals surface area (Å²) in [6.07, 6.45) is 3.80. The first-order chi connectivity index (χ1) is 12.6. The van der Waals surface area contributed by atoms with Gasteiger partial charge in [-0.1, -0.05) is 17.7 Å². The first-order valence-corrected chi connectivity index (χ1v) is 9.95. The van der Waals surface area contributed by atoms with Gasteiger partial charge in [0.1, 0.15) is 5.82 Å². The van der Waals surface area contributed by atoms with Gasteiger partial charge in [-0.05, 0) is 55.8 Å². The zero-order valence-corrected chi connectivity index (χ0v) is 16.0. The number of hydrogen-bond acceptors (Lipinski definition) is 4. The molecule has 4 nitrogen and oxygen atoms in total. The van der Waals surface area contributed by atoms with E-state index in [-0.39, 0.29) is 11.8 Å². The summed E-state index contributed by atoms with van der Waals surface area (Å²) in [7, 11) is 0. The summed E-state index contributed by atoms with van der Waals surface area (Å²) >= 11 is 1.73. The van der Waals surface area contributed by atoms with E-state index in [0.717, 1.165) is 43.0 Å². The largest absolute Gasteiger partial charge is 0.355 e. The molecule has 134 valence electrons. The molecule has 1 N–H and O–H groups in total. The maximum absolute atomic E-state index is 12.8. The number of pyridine rings is 1. The van der Waals surface area contributed by atoms with Crippen molar-refractivity contribution in [2.24, 2.45) is 5.92 Å². The Bertz CT molecular complexity index is 949. The van der Waals surface area contributed by atoms with Crippen LogP contribution in [0.25, 0.3) is 10.1 Å². The second kappa shape index (κ2) is 7.08. The van der Waals surface area contributed by atoms with Crippen LogP contribution < -0.4 is 10.2 Å². The zero-order chi connectivity index (χ0) is 18.1. The number of aromatic nitrogens is 1. The van der Waals surface area contributed by atoms with E-state index in [4.69, 9.17) is 0 Å². The van der Waals surface area contributed by atoms with Gasteiger partial charge in [-0.3, -0.25) is 4.79 Å². The average Bonchev–Trinajstić information content (AvgIpc) is 3.13. The van der Waals surface area contributed by atoms with Gasteiger partial charge in [-0.25, -0.2) is 4.98 Å². The van der Waals surface area contributed by atoms with E-state index in [0.29, 0.717) is 0 Å². The number of nitrogens with one attached hydrogen (secondary N) is 1. The van der Waals surface area contributed by atoms with Crippen LogP contribution in [0.3, 0.4) is 0 Å². The van der Waals surface area contributed by atoms with Crippen molar-refractivity contribution < 1.29 is 4.79 Å². The molecule has 3 heterocycles. The van der Waals surface area contributed by atoms with E-state index >= 15 is 0 Å². The molecule has 0 bridgehead atoms. The molecule has 1 fully saturated rings. The fourth-order valence-corrected chi connectivity index (χ4v) is 4.48. The molecule has 1 saturated heterocycles. The van der Waals surface area contributed by atoms with Crippen molar-refractivity contribution in [3.63, 3.8) is 0 Å². The fraction of sp³-hybridized carbons (Fsp3) is 0.333. The Morgan fingerprint density at radius 2 is 2.15 bits per heavy atom. The number of amides is 1. The van der Waals surface area contributed by atoms with Crippen LogP contribution in [0.1, 0.15) is 24.0 Å². The monoisotopic (exact) mass is 365 g/mol. The molecule has 1 unspecified atom stereocenters. The van der Waals surface area contributed by atoms with Gasteiger partial charge in [0, 0.05) is 35.1 Å². The summed E-state index contributed by atoms with van der Waals surface area (Å²) in [5, 5.41) is 6.42. The number of carbonyl (C=O) groups is 1. The van der Waals surface area contributed by atoms with Crippen molar-refractivity contribution in [3.8, 4) is 0 Å². The van der Waals surface area contributed by atoms with E-state index in [1.807, 2.05) is 25.3 Å². The number of anilines is 2. The van der Waals surface area contributed by atoms with Crippen LogP contribution in [0, 0.1) is 19.8 Å².